The fraction of sp³-hybridized carbons (Fsp3) is 0.316. The van der Waals surface area contributed by atoms with Crippen molar-refractivity contribution in [3.63, 3.8) is 0 Å². The van der Waals surface area contributed by atoms with Crippen LogP contribution >= 0.6 is 0 Å². The molecular formula is C19H22N2. The Hall–Kier alpha value is -2.11. The van der Waals surface area contributed by atoms with Gasteiger partial charge in [0.15, 0.2) is 0 Å². The van der Waals surface area contributed by atoms with Crippen LogP contribution in [0.1, 0.15) is 29.9 Å². The zero-order valence-corrected chi connectivity index (χ0v) is 12.6. The minimum absolute atomic E-state index is 0.0105. The molecule has 0 radical (unpaired) electrons. The van der Waals surface area contributed by atoms with E-state index >= 15 is 0 Å². The lowest BCUT2D eigenvalue weighted by Crippen LogP contribution is -2.19. The maximum atomic E-state index is 9.32. The number of hydrogen-bond acceptors (Lipinski definition) is 2. The summed E-state index contributed by atoms with van der Waals surface area (Å²) in [7, 11) is 2.14. The Kier molecular flexibility index (Phi) is 5.99. The van der Waals surface area contributed by atoms with Crippen LogP contribution in [0.5, 0.6) is 0 Å². The van der Waals surface area contributed by atoms with Crippen molar-refractivity contribution < 1.29 is 0 Å². The topological polar surface area (TPSA) is 27.0 Å². The first-order chi connectivity index (χ1) is 10.3. The first-order valence-corrected chi connectivity index (χ1v) is 7.46. The number of rotatable bonds is 7. The summed E-state index contributed by atoms with van der Waals surface area (Å²) >= 11 is 0. The van der Waals surface area contributed by atoms with Crippen LogP contribution in [0, 0.1) is 11.3 Å². The van der Waals surface area contributed by atoms with Gasteiger partial charge in [-0.05, 0) is 37.6 Å². The van der Waals surface area contributed by atoms with Crippen LogP contribution in [0.3, 0.4) is 0 Å². The maximum absolute atomic E-state index is 9.32. The minimum atomic E-state index is 0.0105. The van der Waals surface area contributed by atoms with Gasteiger partial charge in [-0.25, -0.2) is 0 Å². The molecule has 0 unspecified atom stereocenters. The SMILES string of the molecule is CN(CCC[C@H](C#N)c1ccccc1)Cc1ccccc1. The Labute approximate surface area is 127 Å². The van der Waals surface area contributed by atoms with Crippen LogP contribution in [0.4, 0.5) is 0 Å². The lowest BCUT2D eigenvalue weighted by Gasteiger charge is -2.17. The third-order valence-corrected chi connectivity index (χ3v) is 3.69. The molecule has 108 valence electrons. The zero-order valence-electron chi connectivity index (χ0n) is 12.6. The average molecular weight is 278 g/mol. The first kappa shape index (κ1) is 15.3. The van der Waals surface area contributed by atoms with Crippen molar-refractivity contribution in [3.8, 4) is 6.07 Å². The highest BCUT2D eigenvalue weighted by molar-refractivity contribution is 5.24. The summed E-state index contributed by atoms with van der Waals surface area (Å²) in [5.74, 6) is 0.0105. The number of nitriles is 1. The normalized spacial score (nSPS) is 12.0. The quantitative estimate of drug-likeness (QED) is 0.758. The van der Waals surface area contributed by atoms with Gasteiger partial charge in [-0.15, -0.1) is 0 Å². The largest absolute Gasteiger partial charge is 0.302 e. The van der Waals surface area contributed by atoms with Crippen molar-refractivity contribution >= 4 is 0 Å². The Morgan fingerprint density at radius 1 is 1.00 bits per heavy atom. The van der Waals surface area contributed by atoms with Crippen LogP contribution in [0.2, 0.25) is 0 Å². The van der Waals surface area contributed by atoms with Crippen molar-refractivity contribution in [3.05, 3.63) is 71.8 Å². The maximum Gasteiger partial charge on any atom is 0.0713 e. The van der Waals surface area contributed by atoms with E-state index in [1.165, 1.54) is 5.56 Å². The van der Waals surface area contributed by atoms with Crippen LogP contribution in [0.25, 0.3) is 0 Å². The van der Waals surface area contributed by atoms with E-state index in [0.29, 0.717) is 0 Å². The van der Waals surface area contributed by atoms with Gasteiger partial charge in [0, 0.05) is 6.54 Å². The second kappa shape index (κ2) is 8.24. The molecule has 0 saturated carbocycles. The summed E-state index contributed by atoms with van der Waals surface area (Å²) in [5, 5.41) is 9.32. The molecule has 0 spiro atoms. The van der Waals surface area contributed by atoms with Gasteiger partial charge in [0.2, 0.25) is 0 Å². The highest BCUT2D eigenvalue weighted by Crippen LogP contribution is 2.20. The van der Waals surface area contributed by atoms with Crippen LogP contribution in [0.15, 0.2) is 60.7 Å². The van der Waals surface area contributed by atoms with Gasteiger partial charge < -0.3 is 4.90 Å². The molecule has 21 heavy (non-hydrogen) atoms. The summed E-state index contributed by atoms with van der Waals surface area (Å²) in [6, 6.07) is 23.0. The monoisotopic (exact) mass is 278 g/mol. The van der Waals surface area contributed by atoms with E-state index in [9.17, 15) is 5.26 Å². The summed E-state index contributed by atoms with van der Waals surface area (Å²) in [6.07, 6.45) is 1.95. The summed E-state index contributed by atoms with van der Waals surface area (Å²) in [4.78, 5) is 2.31. The Morgan fingerprint density at radius 3 is 2.24 bits per heavy atom. The molecule has 0 heterocycles. The van der Waals surface area contributed by atoms with E-state index in [1.54, 1.807) is 0 Å². The predicted octanol–water partition coefficient (Wildman–Crippen LogP) is 4.21. The first-order valence-electron chi connectivity index (χ1n) is 7.46. The van der Waals surface area contributed by atoms with E-state index in [2.05, 4.69) is 42.3 Å². The van der Waals surface area contributed by atoms with Crippen molar-refractivity contribution in [1.29, 1.82) is 5.26 Å². The van der Waals surface area contributed by atoms with Crippen molar-refractivity contribution in [2.24, 2.45) is 0 Å². The van der Waals surface area contributed by atoms with Gasteiger partial charge in [-0.1, -0.05) is 60.7 Å². The molecule has 0 N–H and O–H groups in total. The van der Waals surface area contributed by atoms with E-state index < -0.39 is 0 Å². The van der Waals surface area contributed by atoms with Crippen LogP contribution in [-0.2, 0) is 6.54 Å². The molecule has 0 bridgehead atoms. The molecule has 0 amide bonds. The zero-order chi connectivity index (χ0) is 14.9. The second-order valence-corrected chi connectivity index (χ2v) is 5.46. The van der Waals surface area contributed by atoms with Gasteiger partial charge in [0.25, 0.3) is 0 Å². The predicted molar refractivity (Wildman–Crippen MR) is 86.8 cm³/mol. The summed E-state index contributed by atoms with van der Waals surface area (Å²) < 4.78 is 0. The van der Waals surface area contributed by atoms with Gasteiger partial charge in [-0.2, -0.15) is 5.26 Å². The fourth-order valence-electron chi connectivity index (χ4n) is 2.53. The van der Waals surface area contributed by atoms with Gasteiger partial charge >= 0.3 is 0 Å². The van der Waals surface area contributed by atoms with Crippen molar-refractivity contribution in [2.75, 3.05) is 13.6 Å². The Balaban J connectivity index is 1.77. The number of nitrogens with zero attached hydrogens (tertiary/aromatic N) is 2. The van der Waals surface area contributed by atoms with Gasteiger partial charge in [0.1, 0.15) is 0 Å². The summed E-state index contributed by atoms with van der Waals surface area (Å²) in [6.45, 7) is 1.98. The van der Waals surface area contributed by atoms with Crippen LogP contribution < -0.4 is 0 Å². The van der Waals surface area contributed by atoms with E-state index in [0.717, 1.165) is 31.5 Å². The fourth-order valence-corrected chi connectivity index (χ4v) is 2.53. The third-order valence-electron chi connectivity index (χ3n) is 3.69. The molecule has 2 nitrogen and oxygen atoms in total. The van der Waals surface area contributed by atoms with Gasteiger partial charge in [-0.3, -0.25) is 0 Å². The molecular weight excluding hydrogens is 256 g/mol. The lowest BCUT2D eigenvalue weighted by molar-refractivity contribution is 0.317. The van der Waals surface area contributed by atoms with E-state index in [-0.39, 0.29) is 5.92 Å². The average Bonchev–Trinajstić information content (AvgIpc) is 2.53. The highest BCUT2D eigenvalue weighted by atomic mass is 15.1. The minimum Gasteiger partial charge on any atom is -0.302 e. The smallest absolute Gasteiger partial charge is 0.0713 e. The Bertz CT molecular complexity index is 557. The number of hydrogen-bond donors (Lipinski definition) is 0. The molecule has 0 fully saturated rings. The van der Waals surface area contributed by atoms with Crippen LogP contribution in [-0.4, -0.2) is 18.5 Å². The third kappa shape index (κ3) is 5.06. The molecule has 1 atom stereocenters. The molecule has 2 rings (SSSR count). The van der Waals surface area contributed by atoms with Gasteiger partial charge in [0.05, 0.1) is 12.0 Å². The highest BCUT2D eigenvalue weighted by Gasteiger charge is 2.10. The van der Waals surface area contributed by atoms with Crippen molar-refractivity contribution in [1.82, 2.24) is 4.90 Å². The molecule has 0 aliphatic carbocycles. The molecule has 2 heteroatoms. The van der Waals surface area contributed by atoms with Crippen molar-refractivity contribution in [2.45, 2.75) is 25.3 Å². The molecule has 0 aliphatic rings. The second-order valence-electron chi connectivity index (χ2n) is 5.46. The molecule has 2 aromatic rings. The summed E-state index contributed by atoms with van der Waals surface area (Å²) in [5.41, 5.74) is 2.46. The molecule has 0 aromatic heterocycles. The molecule has 0 aliphatic heterocycles. The van der Waals surface area contributed by atoms with E-state index in [1.807, 2.05) is 36.4 Å². The number of benzene rings is 2. The lowest BCUT2D eigenvalue weighted by atomic mass is 9.96. The van der Waals surface area contributed by atoms with E-state index in [4.69, 9.17) is 0 Å². The standard InChI is InChI=1S/C19H22N2/c1-21(16-17-9-4-2-5-10-17)14-8-13-19(15-20)18-11-6-3-7-12-18/h2-7,9-12,19H,8,13-14,16H2,1H3/t19-/m1/s1. The molecule has 0 saturated heterocycles. The molecule has 2 aromatic carbocycles. The Morgan fingerprint density at radius 2 is 1.62 bits per heavy atom.